The first kappa shape index (κ1) is 13.0. The van der Waals surface area contributed by atoms with Gasteiger partial charge in [-0.15, -0.1) is 0 Å². The summed E-state index contributed by atoms with van der Waals surface area (Å²) in [5.74, 6) is 0.599. The van der Waals surface area contributed by atoms with E-state index >= 15 is 0 Å². The van der Waals surface area contributed by atoms with Gasteiger partial charge in [-0.3, -0.25) is 4.68 Å². The zero-order valence-corrected chi connectivity index (χ0v) is 10.5. The molecule has 0 spiro atoms. The van der Waals surface area contributed by atoms with Crippen LogP contribution in [0.25, 0.3) is 0 Å². The molecule has 92 valence electrons. The van der Waals surface area contributed by atoms with Gasteiger partial charge in [0.2, 0.25) is 0 Å². The standard InChI is InChI=1S/C11H20N2O3/c1-11(2,16-5)6-8(14)10-9(15-4)7-12-13(10)3/h7-8,14H,6H2,1-5H3. The fraction of sp³-hybridized carbons (Fsp3) is 0.727. The van der Waals surface area contributed by atoms with Crippen LogP contribution in [-0.4, -0.2) is 34.7 Å². The molecule has 1 rings (SSSR count). The first-order chi connectivity index (χ1) is 7.41. The Kier molecular flexibility index (Phi) is 3.93. The van der Waals surface area contributed by atoms with E-state index in [1.807, 2.05) is 13.8 Å². The number of aliphatic hydroxyl groups is 1. The zero-order chi connectivity index (χ0) is 12.3. The minimum atomic E-state index is -0.655. The first-order valence-electron chi connectivity index (χ1n) is 5.20. The molecule has 1 atom stereocenters. The van der Waals surface area contributed by atoms with Crippen LogP contribution in [0.2, 0.25) is 0 Å². The van der Waals surface area contributed by atoms with Crippen molar-refractivity contribution in [2.75, 3.05) is 14.2 Å². The lowest BCUT2D eigenvalue weighted by molar-refractivity contribution is -0.0222. The van der Waals surface area contributed by atoms with E-state index in [4.69, 9.17) is 9.47 Å². The fourth-order valence-corrected chi connectivity index (χ4v) is 1.61. The van der Waals surface area contributed by atoms with Crippen molar-refractivity contribution in [3.63, 3.8) is 0 Å². The van der Waals surface area contributed by atoms with E-state index in [0.29, 0.717) is 17.9 Å². The van der Waals surface area contributed by atoms with E-state index in [9.17, 15) is 5.11 Å². The monoisotopic (exact) mass is 228 g/mol. The van der Waals surface area contributed by atoms with E-state index in [2.05, 4.69) is 5.10 Å². The van der Waals surface area contributed by atoms with Crippen LogP contribution in [0.1, 0.15) is 32.1 Å². The predicted octanol–water partition coefficient (Wildman–Crippen LogP) is 1.28. The molecule has 1 aromatic heterocycles. The van der Waals surface area contributed by atoms with Crippen LogP contribution in [0.15, 0.2) is 6.20 Å². The van der Waals surface area contributed by atoms with E-state index in [-0.39, 0.29) is 5.60 Å². The molecule has 0 aromatic carbocycles. The third kappa shape index (κ3) is 2.74. The van der Waals surface area contributed by atoms with Crippen molar-refractivity contribution < 1.29 is 14.6 Å². The first-order valence-corrected chi connectivity index (χ1v) is 5.20. The van der Waals surface area contributed by atoms with E-state index in [1.54, 1.807) is 32.1 Å². The summed E-state index contributed by atoms with van der Waals surface area (Å²) in [7, 11) is 4.97. The van der Waals surface area contributed by atoms with Gasteiger partial charge < -0.3 is 14.6 Å². The van der Waals surface area contributed by atoms with Crippen molar-refractivity contribution >= 4 is 0 Å². The number of aromatic nitrogens is 2. The van der Waals surface area contributed by atoms with Gasteiger partial charge in [0.25, 0.3) is 0 Å². The number of hydrogen-bond donors (Lipinski definition) is 1. The summed E-state index contributed by atoms with van der Waals surface area (Å²) in [5, 5.41) is 14.2. The molecule has 0 fully saturated rings. The van der Waals surface area contributed by atoms with E-state index in [1.165, 1.54) is 0 Å². The Balaban J connectivity index is 2.87. The van der Waals surface area contributed by atoms with Gasteiger partial charge >= 0.3 is 0 Å². The average Bonchev–Trinajstić information content (AvgIpc) is 2.59. The quantitative estimate of drug-likeness (QED) is 0.824. The third-order valence-electron chi connectivity index (χ3n) is 2.72. The molecule has 0 saturated heterocycles. The molecule has 1 aromatic rings. The van der Waals surface area contributed by atoms with Crippen LogP contribution in [0.3, 0.4) is 0 Å². The average molecular weight is 228 g/mol. The minimum Gasteiger partial charge on any atom is -0.493 e. The number of hydrogen-bond acceptors (Lipinski definition) is 4. The molecule has 5 heteroatoms. The van der Waals surface area contributed by atoms with Crippen LogP contribution >= 0.6 is 0 Å². The van der Waals surface area contributed by atoms with Gasteiger partial charge in [-0.1, -0.05) is 0 Å². The molecular weight excluding hydrogens is 208 g/mol. The molecular formula is C11H20N2O3. The highest BCUT2D eigenvalue weighted by atomic mass is 16.5. The number of methoxy groups -OCH3 is 2. The molecule has 1 N–H and O–H groups in total. The van der Waals surface area contributed by atoms with E-state index in [0.717, 1.165) is 0 Å². The fourth-order valence-electron chi connectivity index (χ4n) is 1.61. The van der Waals surface area contributed by atoms with Crippen LogP contribution in [0.5, 0.6) is 5.75 Å². The predicted molar refractivity (Wildman–Crippen MR) is 60.4 cm³/mol. The van der Waals surface area contributed by atoms with Crippen LogP contribution in [0, 0.1) is 0 Å². The summed E-state index contributed by atoms with van der Waals surface area (Å²) >= 11 is 0. The molecule has 0 saturated carbocycles. The summed E-state index contributed by atoms with van der Waals surface area (Å²) < 4.78 is 12.1. The SMILES string of the molecule is COc1cnn(C)c1C(O)CC(C)(C)OC. The Labute approximate surface area is 96.0 Å². The Bertz CT molecular complexity index is 347. The van der Waals surface area contributed by atoms with E-state index < -0.39 is 6.10 Å². The molecule has 1 heterocycles. The Morgan fingerprint density at radius 2 is 2.12 bits per heavy atom. The summed E-state index contributed by atoms with van der Waals surface area (Å²) in [4.78, 5) is 0. The number of aryl methyl sites for hydroxylation is 1. The molecule has 0 aliphatic carbocycles. The number of aliphatic hydroxyl groups excluding tert-OH is 1. The van der Waals surface area contributed by atoms with Gasteiger partial charge in [-0.25, -0.2) is 0 Å². The summed E-state index contributed by atoms with van der Waals surface area (Å²) in [6.07, 6.45) is 1.43. The maximum atomic E-state index is 10.1. The Morgan fingerprint density at radius 3 is 2.62 bits per heavy atom. The van der Waals surface area contributed by atoms with Gasteiger partial charge in [0, 0.05) is 20.6 Å². The number of nitrogens with zero attached hydrogens (tertiary/aromatic N) is 2. The second kappa shape index (κ2) is 4.84. The van der Waals surface area contributed by atoms with Crippen LogP contribution in [0.4, 0.5) is 0 Å². The smallest absolute Gasteiger partial charge is 0.162 e. The normalized spacial score (nSPS) is 13.9. The molecule has 0 aliphatic rings. The van der Waals surface area contributed by atoms with Crippen molar-refractivity contribution in [1.82, 2.24) is 9.78 Å². The van der Waals surface area contributed by atoms with Crippen molar-refractivity contribution in [1.29, 1.82) is 0 Å². The van der Waals surface area contributed by atoms with Crippen molar-refractivity contribution in [3.05, 3.63) is 11.9 Å². The maximum absolute atomic E-state index is 10.1. The maximum Gasteiger partial charge on any atom is 0.162 e. The molecule has 1 unspecified atom stereocenters. The second-order valence-electron chi connectivity index (χ2n) is 4.41. The van der Waals surface area contributed by atoms with Crippen LogP contribution in [-0.2, 0) is 11.8 Å². The van der Waals surface area contributed by atoms with Crippen molar-refractivity contribution in [3.8, 4) is 5.75 Å². The largest absolute Gasteiger partial charge is 0.493 e. The molecule has 16 heavy (non-hydrogen) atoms. The summed E-state index contributed by atoms with van der Waals surface area (Å²) in [6, 6.07) is 0. The number of rotatable bonds is 5. The molecule has 0 aliphatic heterocycles. The lowest BCUT2D eigenvalue weighted by atomic mass is 9.98. The van der Waals surface area contributed by atoms with Crippen molar-refractivity contribution in [2.45, 2.75) is 32.0 Å². The van der Waals surface area contributed by atoms with Crippen LogP contribution < -0.4 is 4.74 Å². The molecule has 0 radical (unpaired) electrons. The van der Waals surface area contributed by atoms with Gasteiger partial charge in [0.05, 0.1) is 18.9 Å². The molecule has 5 nitrogen and oxygen atoms in total. The van der Waals surface area contributed by atoms with Gasteiger partial charge in [-0.05, 0) is 13.8 Å². The number of ether oxygens (including phenoxy) is 2. The Morgan fingerprint density at radius 1 is 1.50 bits per heavy atom. The lowest BCUT2D eigenvalue weighted by Crippen LogP contribution is -2.26. The molecule has 0 amide bonds. The third-order valence-corrected chi connectivity index (χ3v) is 2.72. The van der Waals surface area contributed by atoms with Gasteiger partial charge in [0.15, 0.2) is 5.75 Å². The highest BCUT2D eigenvalue weighted by molar-refractivity contribution is 5.27. The van der Waals surface area contributed by atoms with Crippen molar-refractivity contribution in [2.24, 2.45) is 7.05 Å². The second-order valence-corrected chi connectivity index (χ2v) is 4.41. The summed E-state index contributed by atoms with van der Waals surface area (Å²) in [5.41, 5.74) is 0.293. The highest BCUT2D eigenvalue weighted by Crippen LogP contribution is 2.30. The minimum absolute atomic E-state index is 0.380. The topological polar surface area (TPSA) is 56.5 Å². The van der Waals surface area contributed by atoms with Gasteiger partial charge in [-0.2, -0.15) is 5.10 Å². The highest BCUT2D eigenvalue weighted by Gasteiger charge is 2.26. The molecule has 0 bridgehead atoms. The summed E-state index contributed by atoms with van der Waals surface area (Å²) in [6.45, 7) is 3.86. The van der Waals surface area contributed by atoms with Gasteiger partial charge in [0.1, 0.15) is 11.8 Å². The Hall–Kier alpha value is -1.07. The zero-order valence-electron chi connectivity index (χ0n) is 10.5. The lowest BCUT2D eigenvalue weighted by Gasteiger charge is -2.26.